The monoisotopic (exact) mass is 319 g/mol. The topological polar surface area (TPSA) is 58.4 Å². The summed E-state index contributed by atoms with van der Waals surface area (Å²) < 4.78 is 5.31. The van der Waals surface area contributed by atoms with Gasteiger partial charge in [-0.15, -0.1) is 0 Å². The molecule has 0 aromatic carbocycles. The molecule has 3 rings (SSSR count). The summed E-state index contributed by atoms with van der Waals surface area (Å²) in [5.74, 6) is 1.67. The van der Waals surface area contributed by atoms with Crippen molar-refractivity contribution in [1.29, 1.82) is 0 Å². The standard InChI is InChI=1S/C18H29N3O2/c1-11(2)21-9-13(18(3,4)5)15(10-21)19-17(22)14-8-16(23-20-14)12-6-7-12/h8,11-13,15H,6-7,9-10H2,1-5H3,(H,19,22)/t13-,15+/m0/s1. The Bertz CT molecular complexity index is 569. The number of aromatic nitrogens is 1. The number of likely N-dealkylation sites (tertiary alicyclic amines) is 1. The van der Waals surface area contributed by atoms with Crippen molar-refractivity contribution in [2.24, 2.45) is 11.3 Å². The predicted octanol–water partition coefficient (Wildman–Crippen LogP) is 3.04. The van der Waals surface area contributed by atoms with E-state index >= 15 is 0 Å². The Morgan fingerprint density at radius 1 is 1.35 bits per heavy atom. The van der Waals surface area contributed by atoms with E-state index < -0.39 is 0 Å². The van der Waals surface area contributed by atoms with Crippen molar-refractivity contribution in [3.8, 4) is 0 Å². The maximum Gasteiger partial charge on any atom is 0.273 e. The van der Waals surface area contributed by atoms with E-state index in [4.69, 9.17) is 4.52 Å². The average molecular weight is 319 g/mol. The third-order valence-corrected chi connectivity index (χ3v) is 5.25. The number of hydrogen-bond acceptors (Lipinski definition) is 4. The lowest BCUT2D eigenvalue weighted by atomic mass is 9.78. The van der Waals surface area contributed by atoms with Crippen molar-refractivity contribution in [2.75, 3.05) is 13.1 Å². The summed E-state index contributed by atoms with van der Waals surface area (Å²) in [6.45, 7) is 13.1. The Labute approximate surface area is 138 Å². The Morgan fingerprint density at radius 2 is 2.04 bits per heavy atom. The van der Waals surface area contributed by atoms with E-state index in [-0.39, 0.29) is 17.4 Å². The molecule has 0 bridgehead atoms. The Hall–Kier alpha value is -1.36. The first-order valence-corrected chi connectivity index (χ1v) is 8.77. The number of carbonyl (C=O) groups is 1. The molecule has 23 heavy (non-hydrogen) atoms. The molecule has 1 aromatic heterocycles. The molecule has 0 radical (unpaired) electrons. The lowest BCUT2D eigenvalue weighted by Crippen LogP contribution is -2.44. The van der Waals surface area contributed by atoms with Crippen molar-refractivity contribution >= 4 is 5.91 Å². The molecule has 2 atom stereocenters. The molecule has 5 heteroatoms. The van der Waals surface area contributed by atoms with Crippen molar-refractivity contribution in [3.63, 3.8) is 0 Å². The predicted molar refractivity (Wildman–Crippen MR) is 89.4 cm³/mol. The second-order valence-electron chi connectivity index (χ2n) is 8.49. The molecule has 0 spiro atoms. The molecule has 1 saturated heterocycles. The third-order valence-electron chi connectivity index (χ3n) is 5.25. The molecular weight excluding hydrogens is 290 g/mol. The second kappa shape index (κ2) is 5.93. The van der Waals surface area contributed by atoms with E-state index in [9.17, 15) is 4.79 Å². The fourth-order valence-corrected chi connectivity index (χ4v) is 3.48. The van der Waals surface area contributed by atoms with Crippen LogP contribution >= 0.6 is 0 Å². The molecule has 1 amide bonds. The summed E-state index contributed by atoms with van der Waals surface area (Å²) in [4.78, 5) is 15.0. The zero-order chi connectivity index (χ0) is 16.8. The summed E-state index contributed by atoms with van der Waals surface area (Å²) in [7, 11) is 0. The molecule has 2 fully saturated rings. The maximum atomic E-state index is 12.6. The Balaban J connectivity index is 1.69. The van der Waals surface area contributed by atoms with Crippen LogP contribution in [-0.4, -0.2) is 41.1 Å². The summed E-state index contributed by atoms with van der Waals surface area (Å²) in [5, 5.41) is 7.17. The van der Waals surface area contributed by atoms with Crippen LogP contribution in [0.15, 0.2) is 10.6 Å². The minimum atomic E-state index is -0.106. The van der Waals surface area contributed by atoms with Gasteiger partial charge in [-0.3, -0.25) is 9.69 Å². The molecule has 5 nitrogen and oxygen atoms in total. The van der Waals surface area contributed by atoms with E-state index in [2.05, 4.69) is 50.0 Å². The first-order chi connectivity index (χ1) is 10.8. The molecule has 128 valence electrons. The molecule has 1 aliphatic carbocycles. The van der Waals surface area contributed by atoms with Crippen LogP contribution in [0.4, 0.5) is 0 Å². The van der Waals surface area contributed by atoms with E-state index in [0.717, 1.165) is 31.7 Å². The maximum absolute atomic E-state index is 12.6. The van der Waals surface area contributed by atoms with Gasteiger partial charge in [0.2, 0.25) is 0 Å². The van der Waals surface area contributed by atoms with Crippen molar-refractivity contribution in [2.45, 2.75) is 65.5 Å². The number of hydrogen-bond donors (Lipinski definition) is 1. The third kappa shape index (κ3) is 3.60. The van der Waals surface area contributed by atoms with Crippen LogP contribution in [0.1, 0.15) is 69.6 Å². The zero-order valence-corrected chi connectivity index (χ0v) is 14.9. The quantitative estimate of drug-likeness (QED) is 0.927. The van der Waals surface area contributed by atoms with E-state index in [1.165, 1.54) is 0 Å². The van der Waals surface area contributed by atoms with Gasteiger partial charge in [-0.25, -0.2) is 0 Å². The minimum absolute atomic E-state index is 0.106. The van der Waals surface area contributed by atoms with Crippen molar-refractivity contribution in [1.82, 2.24) is 15.4 Å². The van der Waals surface area contributed by atoms with Gasteiger partial charge in [0.15, 0.2) is 5.69 Å². The first kappa shape index (κ1) is 16.5. The SMILES string of the molecule is CC(C)N1C[C@@H](NC(=O)c2cc(C3CC3)on2)[C@@H](C(C)(C)C)C1. The van der Waals surface area contributed by atoms with Crippen LogP contribution in [0.3, 0.4) is 0 Å². The Kier molecular flexibility index (Phi) is 4.25. The van der Waals surface area contributed by atoms with Gasteiger partial charge < -0.3 is 9.84 Å². The largest absolute Gasteiger partial charge is 0.360 e. The van der Waals surface area contributed by atoms with E-state index in [1.807, 2.05) is 6.07 Å². The summed E-state index contributed by atoms with van der Waals surface area (Å²) in [5.41, 5.74) is 0.576. The van der Waals surface area contributed by atoms with Crippen LogP contribution in [0.25, 0.3) is 0 Å². The molecule has 1 saturated carbocycles. The molecule has 1 aromatic rings. The van der Waals surface area contributed by atoms with Crippen LogP contribution < -0.4 is 5.32 Å². The second-order valence-corrected chi connectivity index (χ2v) is 8.49. The minimum Gasteiger partial charge on any atom is -0.360 e. The van der Waals surface area contributed by atoms with E-state index in [1.54, 1.807) is 0 Å². The fraction of sp³-hybridized carbons (Fsp3) is 0.778. The van der Waals surface area contributed by atoms with Gasteiger partial charge >= 0.3 is 0 Å². The number of carbonyl (C=O) groups excluding carboxylic acids is 1. The highest BCUT2D eigenvalue weighted by molar-refractivity contribution is 5.92. The highest BCUT2D eigenvalue weighted by atomic mass is 16.5. The smallest absolute Gasteiger partial charge is 0.273 e. The summed E-state index contributed by atoms with van der Waals surface area (Å²) in [6, 6.07) is 2.47. The highest BCUT2D eigenvalue weighted by Gasteiger charge is 2.41. The fourth-order valence-electron chi connectivity index (χ4n) is 3.48. The molecule has 2 aliphatic rings. The molecule has 1 aliphatic heterocycles. The molecule has 0 unspecified atom stereocenters. The van der Waals surface area contributed by atoms with Gasteiger partial charge in [-0.2, -0.15) is 0 Å². The van der Waals surface area contributed by atoms with Crippen LogP contribution in [0.2, 0.25) is 0 Å². The van der Waals surface area contributed by atoms with Crippen LogP contribution in [-0.2, 0) is 0 Å². The molecule has 1 N–H and O–H groups in total. The lowest BCUT2D eigenvalue weighted by Gasteiger charge is -2.31. The normalized spacial score (nSPS) is 26.0. The van der Waals surface area contributed by atoms with Crippen molar-refractivity contribution in [3.05, 3.63) is 17.5 Å². The first-order valence-electron chi connectivity index (χ1n) is 8.77. The van der Waals surface area contributed by atoms with Crippen LogP contribution in [0.5, 0.6) is 0 Å². The number of nitrogens with zero attached hydrogens (tertiary/aromatic N) is 2. The molecule has 2 heterocycles. The van der Waals surface area contributed by atoms with Crippen molar-refractivity contribution < 1.29 is 9.32 Å². The number of rotatable bonds is 4. The number of nitrogens with one attached hydrogen (secondary N) is 1. The summed E-state index contributed by atoms with van der Waals surface area (Å²) >= 11 is 0. The van der Waals surface area contributed by atoms with Gasteiger partial charge in [-0.1, -0.05) is 25.9 Å². The van der Waals surface area contributed by atoms with Gasteiger partial charge in [0.25, 0.3) is 5.91 Å². The van der Waals surface area contributed by atoms with Gasteiger partial charge in [0.1, 0.15) is 5.76 Å². The van der Waals surface area contributed by atoms with Crippen LogP contribution in [0, 0.1) is 11.3 Å². The summed E-state index contributed by atoms with van der Waals surface area (Å²) in [6.07, 6.45) is 2.29. The average Bonchev–Trinajstić information content (AvgIpc) is 3.01. The Morgan fingerprint density at radius 3 is 2.61 bits per heavy atom. The zero-order valence-electron chi connectivity index (χ0n) is 14.9. The van der Waals surface area contributed by atoms with E-state index in [0.29, 0.717) is 23.6 Å². The highest BCUT2D eigenvalue weighted by Crippen LogP contribution is 2.40. The lowest BCUT2D eigenvalue weighted by molar-refractivity contribution is 0.0903. The van der Waals surface area contributed by atoms with Gasteiger partial charge in [0.05, 0.1) is 0 Å². The number of amides is 1. The van der Waals surface area contributed by atoms with Gasteiger partial charge in [0, 0.05) is 37.2 Å². The molecular formula is C18H29N3O2. The van der Waals surface area contributed by atoms with Gasteiger partial charge in [-0.05, 0) is 38.0 Å².